The molecule has 2 fully saturated rings. The summed E-state index contributed by atoms with van der Waals surface area (Å²) in [6.45, 7) is 2.53. The summed E-state index contributed by atoms with van der Waals surface area (Å²) in [6.07, 6.45) is 3.93. The van der Waals surface area contributed by atoms with Crippen molar-refractivity contribution in [2.75, 3.05) is 18.4 Å². The zero-order valence-electron chi connectivity index (χ0n) is 11.3. The van der Waals surface area contributed by atoms with Crippen molar-refractivity contribution in [1.82, 2.24) is 14.5 Å². The largest absolute Gasteiger partial charge is 0.351 e. The summed E-state index contributed by atoms with van der Waals surface area (Å²) >= 11 is 0. The number of nitrogens with one attached hydrogen (secondary N) is 1. The van der Waals surface area contributed by atoms with Crippen molar-refractivity contribution in [3.8, 4) is 0 Å². The van der Waals surface area contributed by atoms with Gasteiger partial charge in [-0.15, -0.1) is 0 Å². The van der Waals surface area contributed by atoms with Crippen molar-refractivity contribution in [1.29, 1.82) is 0 Å². The fourth-order valence-corrected chi connectivity index (χ4v) is 3.69. The molecule has 2 unspecified atom stereocenters. The molecule has 4 nitrogen and oxygen atoms in total. The molecule has 1 N–H and O–H groups in total. The number of anilines is 1. The molecule has 2 aliphatic rings. The molecular weight excluding hydrogens is 236 g/mol. The molecular formula is C15H20N4. The van der Waals surface area contributed by atoms with Crippen LogP contribution in [0.2, 0.25) is 0 Å². The van der Waals surface area contributed by atoms with Crippen molar-refractivity contribution in [3.63, 3.8) is 0 Å². The lowest BCUT2D eigenvalue weighted by Crippen LogP contribution is -2.34. The summed E-state index contributed by atoms with van der Waals surface area (Å²) in [7, 11) is 2.10. The number of aromatic nitrogens is 2. The van der Waals surface area contributed by atoms with E-state index in [4.69, 9.17) is 4.98 Å². The molecule has 1 aromatic heterocycles. The smallest absolute Gasteiger partial charge is 0.203 e. The Hall–Kier alpha value is -1.55. The molecule has 2 aliphatic heterocycles. The Balaban J connectivity index is 1.63. The van der Waals surface area contributed by atoms with Crippen LogP contribution in [0.5, 0.6) is 0 Å². The molecule has 0 spiro atoms. The number of rotatable bonds is 2. The second-order valence-corrected chi connectivity index (χ2v) is 5.77. The van der Waals surface area contributed by atoms with Crippen molar-refractivity contribution in [2.24, 2.45) is 7.05 Å². The summed E-state index contributed by atoms with van der Waals surface area (Å²) in [6, 6.07) is 9.62. The highest BCUT2D eigenvalue weighted by atomic mass is 15.3. The zero-order chi connectivity index (χ0) is 12.8. The van der Waals surface area contributed by atoms with E-state index >= 15 is 0 Å². The lowest BCUT2D eigenvalue weighted by molar-refractivity contribution is 0.318. The minimum absolute atomic E-state index is 0.568. The quantitative estimate of drug-likeness (QED) is 0.894. The zero-order valence-corrected chi connectivity index (χ0v) is 11.3. The highest BCUT2D eigenvalue weighted by molar-refractivity contribution is 5.78. The molecule has 2 saturated heterocycles. The second kappa shape index (κ2) is 4.23. The molecule has 3 heterocycles. The fraction of sp³-hybridized carbons (Fsp3) is 0.533. The first-order chi connectivity index (χ1) is 9.33. The number of aryl methyl sites for hydroxylation is 1. The highest BCUT2D eigenvalue weighted by Gasteiger charge is 2.37. The van der Waals surface area contributed by atoms with Crippen LogP contribution in [0.1, 0.15) is 19.3 Å². The molecule has 2 aromatic rings. The standard InChI is InChI=1S/C15H20N4/c1-18-13-6-3-2-5-11(13)16-15(18)17-12-8-10-19-9-4-7-14(12)19/h2-3,5-6,12,14H,4,7-10H2,1H3,(H,16,17). The Labute approximate surface area is 113 Å². The van der Waals surface area contributed by atoms with Gasteiger partial charge in [0.05, 0.1) is 11.0 Å². The Morgan fingerprint density at radius 1 is 1.21 bits per heavy atom. The van der Waals surface area contributed by atoms with Crippen LogP contribution in [0.3, 0.4) is 0 Å². The fourth-order valence-electron chi connectivity index (χ4n) is 3.69. The molecule has 0 bridgehead atoms. The van der Waals surface area contributed by atoms with E-state index in [-0.39, 0.29) is 0 Å². The van der Waals surface area contributed by atoms with Gasteiger partial charge in [-0.3, -0.25) is 4.90 Å². The van der Waals surface area contributed by atoms with Crippen LogP contribution in [0.25, 0.3) is 11.0 Å². The van der Waals surface area contributed by atoms with E-state index in [0.717, 1.165) is 17.5 Å². The van der Waals surface area contributed by atoms with Crippen LogP contribution in [0.15, 0.2) is 24.3 Å². The van der Waals surface area contributed by atoms with Gasteiger partial charge in [0.25, 0.3) is 0 Å². The Morgan fingerprint density at radius 3 is 3.00 bits per heavy atom. The van der Waals surface area contributed by atoms with Crippen LogP contribution in [-0.2, 0) is 7.05 Å². The average Bonchev–Trinajstić information content (AvgIpc) is 3.08. The van der Waals surface area contributed by atoms with Crippen LogP contribution in [-0.4, -0.2) is 39.6 Å². The van der Waals surface area contributed by atoms with Gasteiger partial charge >= 0.3 is 0 Å². The maximum absolute atomic E-state index is 4.72. The lowest BCUT2D eigenvalue weighted by atomic mass is 10.1. The summed E-state index contributed by atoms with van der Waals surface area (Å²) in [4.78, 5) is 7.35. The average molecular weight is 256 g/mol. The van der Waals surface area contributed by atoms with Crippen molar-refractivity contribution >= 4 is 17.0 Å². The minimum atomic E-state index is 0.568. The normalized spacial score (nSPS) is 27.0. The molecule has 0 amide bonds. The topological polar surface area (TPSA) is 33.1 Å². The van der Waals surface area contributed by atoms with Crippen LogP contribution in [0.4, 0.5) is 5.95 Å². The Kier molecular flexibility index (Phi) is 2.52. The van der Waals surface area contributed by atoms with E-state index in [0.29, 0.717) is 6.04 Å². The first-order valence-electron chi connectivity index (χ1n) is 7.25. The number of imidazole rings is 1. The number of fused-ring (bicyclic) bond motifs is 2. The minimum Gasteiger partial charge on any atom is -0.351 e. The number of benzene rings is 1. The first kappa shape index (κ1) is 11.3. The lowest BCUT2D eigenvalue weighted by Gasteiger charge is -2.21. The Morgan fingerprint density at radius 2 is 2.11 bits per heavy atom. The van der Waals surface area contributed by atoms with Gasteiger partial charge in [0.1, 0.15) is 0 Å². The summed E-state index contributed by atoms with van der Waals surface area (Å²) in [5.74, 6) is 1.01. The third kappa shape index (κ3) is 1.74. The molecule has 1 aromatic carbocycles. The third-order valence-electron chi connectivity index (χ3n) is 4.71. The molecule has 2 atom stereocenters. The van der Waals surface area contributed by atoms with Gasteiger partial charge in [0.15, 0.2) is 0 Å². The van der Waals surface area contributed by atoms with E-state index in [9.17, 15) is 0 Å². The van der Waals surface area contributed by atoms with Gasteiger partial charge in [0, 0.05) is 25.7 Å². The molecule has 100 valence electrons. The van der Waals surface area contributed by atoms with Crippen molar-refractivity contribution in [3.05, 3.63) is 24.3 Å². The van der Waals surface area contributed by atoms with E-state index in [1.807, 2.05) is 6.07 Å². The predicted octanol–water partition coefficient (Wildman–Crippen LogP) is 2.22. The van der Waals surface area contributed by atoms with Crippen molar-refractivity contribution in [2.45, 2.75) is 31.3 Å². The summed E-state index contributed by atoms with van der Waals surface area (Å²) in [5.41, 5.74) is 2.28. The van der Waals surface area contributed by atoms with E-state index in [1.165, 1.54) is 37.9 Å². The van der Waals surface area contributed by atoms with E-state index in [1.54, 1.807) is 0 Å². The molecule has 0 radical (unpaired) electrons. The molecule has 0 aliphatic carbocycles. The SMILES string of the molecule is Cn1c(NC2CCN3CCCC23)nc2ccccc21. The molecule has 19 heavy (non-hydrogen) atoms. The van der Waals surface area contributed by atoms with Crippen LogP contribution >= 0.6 is 0 Å². The number of hydrogen-bond donors (Lipinski definition) is 1. The maximum atomic E-state index is 4.72. The van der Waals surface area contributed by atoms with Crippen LogP contribution < -0.4 is 5.32 Å². The van der Waals surface area contributed by atoms with Gasteiger partial charge in [-0.05, 0) is 37.9 Å². The predicted molar refractivity (Wildman–Crippen MR) is 77.3 cm³/mol. The monoisotopic (exact) mass is 256 g/mol. The van der Waals surface area contributed by atoms with Crippen LogP contribution in [0, 0.1) is 0 Å². The molecule has 0 saturated carbocycles. The van der Waals surface area contributed by atoms with Crippen molar-refractivity contribution < 1.29 is 0 Å². The van der Waals surface area contributed by atoms with Gasteiger partial charge < -0.3 is 9.88 Å². The third-order valence-corrected chi connectivity index (χ3v) is 4.71. The van der Waals surface area contributed by atoms with E-state index < -0.39 is 0 Å². The van der Waals surface area contributed by atoms with E-state index in [2.05, 4.69) is 40.0 Å². The summed E-state index contributed by atoms with van der Waals surface area (Å²) in [5, 5.41) is 3.68. The second-order valence-electron chi connectivity index (χ2n) is 5.77. The Bertz CT molecular complexity index is 603. The van der Waals surface area contributed by atoms with Gasteiger partial charge in [0.2, 0.25) is 5.95 Å². The summed E-state index contributed by atoms with van der Waals surface area (Å²) < 4.78 is 2.17. The highest BCUT2D eigenvalue weighted by Crippen LogP contribution is 2.30. The number of para-hydroxylation sites is 2. The number of hydrogen-bond acceptors (Lipinski definition) is 3. The molecule has 4 heteroatoms. The van der Waals surface area contributed by atoms with Gasteiger partial charge in [-0.1, -0.05) is 12.1 Å². The number of nitrogens with zero attached hydrogens (tertiary/aromatic N) is 3. The first-order valence-corrected chi connectivity index (χ1v) is 7.25. The maximum Gasteiger partial charge on any atom is 0.203 e. The molecule has 4 rings (SSSR count). The van der Waals surface area contributed by atoms with Gasteiger partial charge in [-0.2, -0.15) is 0 Å². The van der Waals surface area contributed by atoms with Gasteiger partial charge in [-0.25, -0.2) is 4.98 Å².